The average molecular weight is 396 g/mol. The fraction of sp³-hybridized carbons (Fsp3) is 0.500. The van der Waals surface area contributed by atoms with E-state index in [1.165, 1.54) is 5.56 Å². The van der Waals surface area contributed by atoms with Crippen molar-refractivity contribution in [2.24, 2.45) is 0 Å². The van der Waals surface area contributed by atoms with E-state index >= 15 is 0 Å². The van der Waals surface area contributed by atoms with Gasteiger partial charge in [-0.2, -0.15) is 0 Å². The fourth-order valence-corrected chi connectivity index (χ4v) is 4.27. The van der Waals surface area contributed by atoms with E-state index < -0.39 is 0 Å². The molecule has 1 unspecified atom stereocenters. The number of aromatic nitrogens is 1. The molecule has 0 saturated carbocycles. The van der Waals surface area contributed by atoms with Gasteiger partial charge in [0.05, 0.1) is 18.2 Å². The van der Waals surface area contributed by atoms with Crippen molar-refractivity contribution in [1.82, 2.24) is 19.9 Å². The Hall–Kier alpha value is -2.67. The Balaban J connectivity index is 1.30. The van der Waals surface area contributed by atoms with Gasteiger partial charge in [-0.15, -0.1) is 0 Å². The number of hydrogen-bond acceptors (Lipinski definition) is 5. The molecule has 0 N–H and O–H groups in total. The van der Waals surface area contributed by atoms with Gasteiger partial charge >= 0.3 is 0 Å². The Labute approximate surface area is 171 Å². The van der Waals surface area contributed by atoms with Gasteiger partial charge in [0.25, 0.3) is 0 Å². The number of carbonyl (C=O) groups is 2. The zero-order chi connectivity index (χ0) is 20.2. The summed E-state index contributed by atoms with van der Waals surface area (Å²) in [6, 6.07) is 11.9. The number of nitrogens with zero attached hydrogens (tertiary/aromatic N) is 4. The molecular weight excluding hydrogens is 368 g/mol. The third kappa shape index (κ3) is 4.67. The van der Waals surface area contributed by atoms with E-state index in [2.05, 4.69) is 22.2 Å². The lowest BCUT2D eigenvalue weighted by molar-refractivity contribution is -0.142. The predicted molar refractivity (Wildman–Crippen MR) is 108 cm³/mol. The van der Waals surface area contributed by atoms with Crippen LogP contribution < -0.4 is 0 Å². The number of amides is 2. The number of piperazine rings is 1. The van der Waals surface area contributed by atoms with Crippen LogP contribution in [0.3, 0.4) is 0 Å². The largest absolute Gasteiger partial charge is 0.361 e. The van der Waals surface area contributed by atoms with E-state index in [9.17, 15) is 9.59 Å². The topological polar surface area (TPSA) is 69.9 Å². The minimum absolute atomic E-state index is 0.0668. The van der Waals surface area contributed by atoms with Gasteiger partial charge in [0.1, 0.15) is 5.76 Å². The second kappa shape index (κ2) is 8.78. The summed E-state index contributed by atoms with van der Waals surface area (Å²) >= 11 is 0. The van der Waals surface area contributed by atoms with E-state index in [0.717, 1.165) is 32.5 Å². The molecule has 7 heteroatoms. The number of aryl methyl sites for hydroxylation is 1. The minimum atomic E-state index is -0.0668. The first kappa shape index (κ1) is 19.6. The molecule has 1 aromatic carbocycles. The summed E-state index contributed by atoms with van der Waals surface area (Å²) in [6.07, 6.45) is 2.19. The van der Waals surface area contributed by atoms with Crippen LogP contribution in [0.4, 0.5) is 0 Å². The summed E-state index contributed by atoms with van der Waals surface area (Å²) in [5, 5.41) is 3.91. The van der Waals surface area contributed by atoms with Crippen LogP contribution in [0.5, 0.6) is 0 Å². The predicted octanol–water partition coefficient (Wildman–Crippen LogP) is 1.86. The maximum Gasteiger partial charge on any atom is 0.240 e. The van der Waals surface area contributed by atoms with E-state index in [-0.39, 0.29) is 24.3 Å². The summed E-state index contributed by atoms with van der Waals surface area (Å²) in [4.78, 5) is 31.7. The summed E-state index contributed by atoms with van der Waals surface area (Å²) in [7, 11) is 0. The highest BCUT2D eigenvalue weighted by Gasteiger charge is 2.35. The van der Waals surface area contributed by atoms with Crippen LogP contribution in [0.1, 0.15) is 29.9 Å². The van der Waals surface area contributed by atoms with Crippen molar-refractivity contribution in [3.05, 3.63) is 53.4 Å². The molecule has 7 nitrogen and oxygen atoms in total. The molecule has 2 fully saturated rings. The lowest BCUT2D eigenvalue weighted by Crippen LogP contribution is -2.58. The third-order valence-electron chi connectivity index (χ3n) is 5.84. The van der Waals surface area contributed by atoms with Crippen LogP contribution in [0.25, 0.3) is 0 Å². The summed E-state index contributed by atoms with van der Waals surface area (Å²) in [5.41, 5.74) is 1.84. The van der Waals surface area contributed by atoms with Crippen LogP contribution in [-0.2, 0) is 22.6 Å². The second-order valence-electron chi connectivity index (χ2n) is 7.93. The Kier molecular flexibility index (Phi) is 5.94. The molecule has 29 heavy (non-hydrogen) atoms. The van der Waals surface area contributed by atoms with Gasteiger partial charge in [-0.05, 0) is 25.3 Å². The number of rotatable bonds is 5. The Bertz CT molecular complexity index is 843. The van der Waals surface area contributed by atoms with Gasteiger partial charge in [-0.3, -0.25) is 14.5 Å². The number of likely N-dealkylation sites (tertiary alicyclic amines) is 1. The quantitative estimate of drug-likeness (QED) is 0.772. The van der Waals surface area contributed by atoms with Crippen molar-refractivity contribution in [3.63, 3.8) is 0 Å². The van der Waals surface area contributed by atoms with Crippen molar-refractivity contribution in [3.8, 4) is 0 Å². The Morgan fingerprint density at radius 1 is 1.14 bits per heavy atom. The molecule has 1 atom stereocenters. The first-order valence-corrected chi connectivity index (χ1v) is 10.4. The van der Waals surface area contributed by atoms with Gasteiger partial charge < -0.3 is 14.3 Å². The highest BCUT2D eigenvalue weighted by Crippen LogP contribution is 2.21. The van der Waals surface area contributed by atoms with Gasteiger partial charge in [0.15, 0.2) is 0 Å². The summed E-state index contributed by atoms with van der Waals surface area (Å²) in [5.74, 6) is 1.00. The lowest BCUT2D eigenvalue weighted by Gasteiger charge is -2.42. The molecule has 2 aliphatic heterocycles. The molecule has 2 aliphatic rings. The highest BCUT2D eigenvalue weighted by molar-refractivity contribution is 5.83. The molecule has 1 aromatic heterocycles. The molecule has 0 radical (unpaired) electrons. The van der Waals surface area contributed by atoms with Crippen molar-refractivity contribution >= 4 is 11.8 Å². The zero-order valence-electron chi connectivity index (χ0n) is 16.9. The van der Waals surface area contributed by atoms with E-state index in [1.807, 2.05) is 34.9 Å². The van der Waals surface area contributed by atoms with Gasteiger partial charge in [-0.25, -0.2) is 0 Å². The number of benzene rings is 1. The number of hydrogen-bond donors (Lipinski definition) is 0. The van der Waals surface area contributed by atoms with Crippen molar-refractivity contribution < 1.29 is 14.1 Å². The van der Waals surface area contributed by atoms with E-state index in [0.29, 0.717) is 31.1 Å². The maximum absolute atomic E-state index is 13.1. The fourth-order valence-electron chi connectivity index (χ4n) is 4.27. The van der Waals surface area contributed by atoms with Crippen LogP contribution >= 0.6 is 0 Å². The molecule has 0 bridgehead atoms. The molecule has 4 rings (SSSR count). The summed E-state index contributed by atoms with van der Waals surface area (Å²) in [6.45, 7) is 6.09. The van der Waals surface area contributed by atoms with Crippen LogP contribution in [0, 0.1) is 6.92 Å². The smallest absolute Gasteiger partial charge is 0.240 e. The number of piperidine rings is 1. The third-order valence-corrected chi connectivity index (χ3v) is 5.84. The molecule has 0 aliphatic carbocycles. The minimum Gasteiger partial charge on any atom is -0.361 e. The molecule has 2 aromatic rings. The second-order valence-corrected chi connectivity index (χ2v) is 7.93. The molecule has 0 spiro atoms. The molecule has 154 valence electrons. The first-order chi connectivity index (χ1) is 14.1. The zero-order valence-corrected chi connectivity index (χ0v) is 16.9. The van der Waals surface area contributed by atoms with Crippen LogP contribution in [0.15, 0.2) is 40.9 Å². The van der Waals surface area contributed by atoms with E-state index in [1.54, 1.807) is 6.07 Å². The van der Waals surface area contributed by atoms with E-state index in [4.69, 9.17) is 4.52 Å². The Morgan fingerprint density at radius 3 is 2.59 bits per heavy atom. The maximum atomic E-state index is 13.1. The summed E-state index contributed by atoms with van der Waals surface area (Å²) < 4.78 is 5.04. The van der Waals surface area contributed by atoms with Crippen molar-refractivity contribution in [1.29, 1.82) is 0 Å². The molecule has 3 heterocycles. The van der Waals surface area contributed by atoms with Crippen molar-refractivity contribution in [2.45, 2.75) is 38.8 Å². The van der Waals surface area contributed by atoms with Gasteiger partial charge in [0, 0.05) is 45.3 Å². The SMILES string of the molecule is Cc1cc(CC(=O)N2CCN(C3CCCN(Cc4ccccc4)C3=O)CC2)no1. The molecule has 2 saturated heterocycles. The standard InChI is InChI=1S/C22H28N4O3/c1-17-14-19(23-29-17)15-21(27)25-12-10-24(11-13-25)20-8-5-9-26(22(20)28)16-18-6-3-2-4-7-18/h2-4,6-7,14,20H,5,8-13,15-16H2,1H3. The average Bonchev–Trinajstić information content (AvgIpc) is 3.15. The van der Waals surface area contributed by atoms with Crippen molar-refractivity contribution in [2.75, 3.05) is 32.7 Å². The molecular formula is C22H28N4O3. The first-order valence-electron chi connectivity index (χ1n) is 10.4. The normalized spacial score (nSPS) is 20.9. The Morgan fingerprint density at radius 2 is 1.90 bits per heavy atom. The lowest BCUT2D eigenvalue weighted by atomic mass is 10.0. The van der Waals surface area contributed by atoms with Crippen LogP contribution in [-0.4, -0.2) is 70.4 Å². The van der Waals surface area contributed by atoms with Crippen LogP contribution in [0.2, 0.25) is 0 Å². The highest BCUT2D eigenvalue weighted by atomic mass is 16.5. The van der Waals surface area contributed by atoms with Gasteiger partial charge in [-0.1, -0.05) is 35.5 Å². The molecule has 2 amide bonds. The monoisotopic (exact) mass is 396 g/mol. The van der Waals surface area contributed by atoms with Gasteiger partial charge in [0.2, 0.25) is 11.8 Å². The number of carbonyl (C=O) groups excluding carboxylic acids is 2.